The van der Waals surface area contributed by atoms with E-state index in [0.29, 0.717) is 12.2 Å². The molecule has 0 aromatic rings. The lowest BCUT2D eigenvalue weighted by atomic mass is 9.62. The lowest BCUT2D eigenvalue weighted by Gasteiger charge is -2.55. The van der Waals surface area contributed by atoms with Gasteiger partial charge < -0.3 is 4.74 Å². The molecule has 0 radical (unpaired) electrons. The SMILES string of the molecule is C1CCC(C2CCC(N(C3CCCCC3)C3C[C@@H]4C5CCCCC5OC4[C@H]4C3[C@H]3CCCCC3N4C3CCC(C4CCCCC4)CC3)CC2)CC1. The highest BCUT2D eigenvalue weighted by Crippen LogP contribution is 2.60. The molecule has 0 spiro atoms. The van der Waals surface area contributed by atoms with Gasteiger partial charge in [0.25, 0.3) is 0 Å². The molecular formula is C48H80N2O. The van der Waals surface area contributed by atoms with Crippen LogP contribution >= 0.6 is 0 Å². The maximum absolute atomic E-state index is 7.57. The largest absolute Gasteiger partial charge is 0.373 e. The van der Waals surface area contributed by atoms with Crippen LogP contribution in [0.2, 0.25) is 0 Å². The van der Waals surface area contributed by atoms with Crippen molar-refractivity contribution >= 4 is 0 Å². The smallest absolute Gasteiger partial charge is 0.0770 e. The minimum atomic E-state index is 0.552. The fourth-order valence-corrected chi connectivity index (χ4v) is 17.0. The fourth-order valence-electron chi connectivity index (χ4n) is 17.0. The number of likely N-dealkylation sites (tertiary alicyclic amines) is 1. The maximum Gasteiger partial charge on any atom is 0.0770 e. The van der Waals surface area contributed by atoms with Crippen LogP contribution in [-0.4, -0.2) is 58.3 Å². The highest BCUT2D eigenvalue weighted by Gasteiger charge is 2.65. The predicted octanol–water partition coefficient (Wildman–Crippen LogP) is 12.1. The summed E-state index contributed by atoms with van der Waals surface area (Å²) in [6, 6.07) is 5.05. The average molecular weight is 701 g/mol. The summed E-state index contributed by atoms with van der Waals surface area (Å²) in [6.07, 6.45) is 49.6. The Morgan fingerprint density at radius 2 is 0.922 bits per heavy atom. The average Bonchev–Trinajstić information content (AvgIpc) is 3.76. The summed E-state index contributed by atoms with van der Waals surface area (Å²) in [7, 11) is 0. The van der Waals surface area contributed by atoms with Gasteiger partial charge in [-0.25, -0.2) is 0 Å². The third-order valence-corrected chi connectivity index (χ3v) is 19.1. The van der Waals surface area contributed by atoms with Gasteiger partial charge in [0, 0.05) is 36.3 Å². The molecule has 2 aliphatic heterocycles. The Bertz CT molecular complexity index is 1110. The Hall–Kier alpha value is -0.120. The summed E-state index contributed by atoms with van der Waals surface area (Å²) in [6.45, 7) is 0. The Kier molecular flexibility index (Phi) is 10.9. The second-order valence-corrected chi connectivity index (χ2v) is 21.3. The third kappa shape index (κ3) is 6.78. The molecule has 2 saturated heterocycles. The van der Waals surface area contributed by atoms with Gasteiger partial charge in [-0.2, -0.15) is 0 Å². The summed E-state index contributed by atoms with van der Waals surface area (Å²) < 4.78 is 7.57. The van der Waals surface area contributed by atoms with E-state index in [4.69, 9.17) is 4.74 Å². The van der Waals surface area contributed by atoms with Gasteiger partial charge in [-0.3, -0.25) is 9.80 Å². The van der Waals surface area contributed by atoms with Gasteiger partial charge in [-0.1, -0.05) is 109 Å². The monoisotopic (exact) mass is 701 g/mol. The van der Waals surface area contributed by atoms with Crippen LogP contribution in [0.25, 0.3) is 0 Å². The Labute approximate surface area is 314 Å². The second-order valence-electron chi connectivity index (χ2n) is 21.3. The van der Waals surface area contributed by atoms with Gasteiger partial charge in [0.15, 0.2) is 0 Å². The van der Waals surface area contributed by atoms with Crippen molar-refractivity contribution in [3.63, 3.8) is 0 Å². The van der Waals surface area contributed by atoms with E-state index < -0.39 is 0 Å². The molecule has 10 aliphatic rings. The lowest BCUT2D eigenvalue weighted by molar-refractivity contribution is -0.101. The summed E-state index contributed by atoms with van der Waals surface area (Å²) >= 11 is 0. The van der Waals surface area contributed by atoms with E-state index in [9.17, 15) is 0 Å². The molecule has 3 nitrogen and oxygen atoms in total. The summed E-state index contributed by atoms with van der Waals surface area (Å²) in [5, 5.41) is 0. The van der Waals surface area contributed by atoms with Crippen molar-refractivity contribution in [1.29, 1.82) is 0 Å². The van der Waals surface area contributed by atoms with Crippen LogP contribution in [0, 0.1) is 47.3 Å². The summed E-state index contributed by atoms with van der Waals surface area (Å²) in [4.78, 5) is 6.83. The molecule has 8 aliphatic carbocycles. The maximum atomic E-state index is 7.57. The van der Waals surface area contributed by atoms with Crippen LogP contribution in [-0.2, 0) is 4.74 Å². The first-order chi connectivity index (χ1) is 25.3. The van der Waals surface area contributed by atoms with Crippen molar-refractivity contribution < 1.29 is 4.74 Å². The Balaban J connectivity index is 0.968. The topological polar surface area (TPSA) is 15.7 Å². The van der Waals surface area contributed by atoms with E-state index >= 15 is 0 Å². The number of hydrogen-bond acceptors (Lipinski definition) is 3. The molecule has 0 amide bonds. The van der Waals surface area contributed by atoms with Crippen molar-refractivity contribution in [3.8, 4) is 0 Å². The third-order valence-electron chi connectivity index (χ3n) is 19.1. The van der Waals surface area contributed by atoms with E-state index in [1.165, 1.54) is 154 Å². The van der Waals surface area contributed by atoms with Gasteiger partial charge in [0.2, 0.25) is 0 Å². The molecular weight excluding hydrogens is 621 g/mol. The highest BCUT2D eigenvalue weighted by molar-refractivity contribution is 5.17. The van der Waals surface area contributed by atoms with Crippen molar-refractivity contribution in [2.75, 3.05) is 0 Å². The van der Waals surface area contributed by atoms with E-state index in [2.05, 4.69) is 9.80 Å². The molecule has 51 heavy (non-hydrogen) atoms. The van der Waals surface area contributed by atoms with E-state index in [1.54, 1.807) is 51.4 Å². The predicted molar refractivity (Wildman–Crippen MR) is 211 cm³/mol. The zero-order valence-corrected chi connectivity index (χ0v) is 33.2. The first-order valence-corrected chi connectivity index (χ1v) is 24.5. The van der Waals surface area contributed by atoms with Crippen LogP contribution in [0.4, 0.5) is 0 Å². The standard InChI is InChI=1S/C48H80N2O/c1-4-14-33(15-5-1)35-24-28-38(29-25-35)49(37-18-8-3-9-19-37)44-32-42-40-20-11-13-23-45(40)51-48(42)47-46(44)41-21-10-12-22-43(41)50(47)39-30-26-36(27-31-39)34-16-6-2-7-17-34/h33-48H,1-32H2/t35?,36?,38?,39?,40?,41-,42+,43?,44?,45?,46?,47+,48?/m0/s1. The van der Waals surface area contributed by atoms with Crippen LogP contribution in [0.1, 0.15) is 205 Å². The number of hydrogen-bond donors (Lipinski definition) is 0. The minimum Gasteiger partial charge on any atom is -0.373 e. The molecule has 0 aromatic heterocycles. The highest BCUT2D eigenvalue weighted by atomic mass is 16.5. The summed E-state index contributed by atoms with van der Waals surface area (Å²) in [5.74, 6) is 7.77. The first-order valence-electron chi connectivity index (χ1n) is 24.5. The number of fused-ring (bicyclic) bond motifs is 7. The lowest BCUT2D eigenvalue weighted by Crippen LogP contribution is -2.63. The first kappa shape index (κ1) is 35.3. The molecule has 3 heteroatoms. The normalized spacial score (nSPS) is 47.8. The molecule has 10 fully saturated rings. The van der Waals surface area contributed by atoms with Gasteiger partial charge >= 0.3 is 0 Å². The fraction of sp³-hybridized carbons (Fsp3) is 1.00. The number of nitrogens with zero attached hydrogens (tertiary/aromatic N) is 2. The van der Waals surface area contributed by atoms with Crippen molar-refractivity contribution in [2.24, 2.45) is 47.3 Å². The van der Waals surface area contributed by atoms with Crippen LogP contribution in [0.3, 0.4) is 0 Å². The van der Waals surface area contributed by atoms with E-state index in [1.807, 2.05) is 0 Å². The molecule has 288 valence electrons. The molecule has 0 aromatic carbocycles. The van der Waals surface area contributed by atoms with E-state index in [-0.39, 0.29) is 0 Å². The van der Waals surface area contributed by atoms with Crippen LogP contribution < -0.4 is 0 Å². The molecule has 6 unspecified atom stereocenters. The van der Waals surface area contributed by atoms with Crippen molar-refractivity contribution in [3.05, 3.63) is 0 Å². The van der Waals surface area contributed by atoms with Crippen molar-refractivity contribution in [2.45, 2.75) is 254 Å². The van der Waals surface area contributed by atoms with Gasteiger partial charge in [-0.15, -0.1) is 0 Å². The molecule has 0 bridgehead atoms. The second kappa shape index (κ2) is 15.8. The van der Waals surface area contributed by atoms with E-state index in [0.717, 1.165) is 83.6 Å². The molecule has 10 rings (SSSR count). The number of rotatable bonds is 6. The van der Waals surface area contributed by atoms with Crippen molar-refractivity contribution in [1.82, 2.24) is 9.80 Å². The molecule has 9 atom stereocenters. The minimum absolute atomic E-state index is 0.552. The molecule has 8 saturated carbocycles. The number of ether oxygens (including phenoxy) is 1. The van der Waals surface area contributed by atoms with Gasteiger partial charge in [0.05, 0.1) is 12.2 Å². The van der Waals surface area contributed by atoms with Crippen LogP contribution in [0.5, 0.6) is 0 Å². The molecule has 2 heterocycles. The summed E-state index contributed by atoms with van der Waals surface area (Å²) in [5.41, 5.74) is 0. The quantitative estimate of drug-likeness (QED) is 0.274. The van der Waals surface area contributed by atoms with Gasteiger partial charge in [0.1, 0.15) is 0 Å². The Morgan fingerprint density at radius 1 is 0.412 bits per heavy atom. The van der Waals surface area contributed by atoms with Crippen LogP contribution in [0.15, 0.2) is 0 Å². The van der Waals surface area contributed by atoms with Gasteiger partial charge in [-0.05, 0) is 144 Å². The molecule has 0 N–H and O–H groups in total. The zero-order valence-electron chi connectivity index (χ0n) is 33.2. The zero-order chi connectivity index (χ0) is 33.7. The Morgan fingerprint density at radius 3 is 1.59 bits per heavy atom.